The van der Waals surface area contributed by atoms with Crippen LogP contribution >= 0.6 is 0 Å². The predicted molar refractivity (Wildman–Crippen MR) is 102 cm³/mol. The molecule has 2 saturated heterocycles. The topological polar surface area (TPSA) is 49.3 Å². The quantitative estimate of drug-likeness (QED) is 0.852. The highest BCUT2D eigenvalue weighted by Crippen LogP contribution is 2.34. The molecule has 5 heteroatoms. The molecule has 0 aliphatic carbocycles. The summed E-state index contributed by atoms with van der Waals surface area (Å²) in [7, 11) is 0. The van der Waals surface area contributed by atoms with E-state index >= 15 is 0 Å². The number of anilines is 1. The fourth-order valence-electron chi connectivity index (χ4n) is 4.22. The largest absolute Gasteiger partial charge is 0.340 e. The average molecular weight is 350 g/mol. The summed E-state index contributed by atoms with van der Waals surface area (Å²) in [6.07, 6.45) is 7.65. The lowest BCUT2D eigenvalue weighted by Crippen LogP contribution is -2.45. The summed E-state index contributed by atoms with van der Waals surface area (Å²) in [5.41, 5.74) is 2.52. The zero-order valence-electron chi connectivity index (χ0n) is 15.3. The third-order valence-electron chi connectivity index (χ3n) is 5.60. The molecule has 2 aromatic rings. The van der Waals surface area contributed by atoms with Gasteiger partial charge in [-0.05, 0) is 44.2 Å². The molecule has 4 rings (SSSR count). The number of carbonyl (C=O) groups excluding carboxylic acids is 1. The van der Waals surface area contributed by atoms with Crippen molar-refractivity contribution < 1.29 is 4.79 Å². The van der Waals surface area contributed by atoms with E-state index < -0.39 is 0 Å². The number of hydrogen-bond acceptors (Lipinski definition) is 4. The molecular weight excluding hydrogens is 324 g/mol. The van der Waals surface area contributed by atoms with Gasteiger partial charge in [0.15, 0.2) is 0 Å². The maximum Gasteiger partial charge on any atom is 0.227 e. The molecule has 0 spiro atoms. The number of piperidine rings is 1. The summed E-state index contributed by atoms with van der Waals surface area (Å²) in [5, 5.41) is 0. The van der Waals surface area contributed by atoms with Crippen LogP contribution in [0.2, 0.25) is 0 Å². The Kier molecular flexibility index (Phi) is 4.87. The molecule has 2 unspecified atom stereocenters. The van der Waals surface area contributed by atoms with Gasteiger partial charge in [-0.1, -0.05) is 29.8 Å². The van der Waals surface area contributed by atoms with Crippen LogP contribution in [0.4, 0.5) is 5.95 Å². The van der Waals surface area contributed by atoms with Gasteiger partial charge < -0.3 is 9.80 Å². The Morgan fingerprint density at radius 2 is 1.77 bits per heavy atom. The standard InChI is InChI=1S/C21H26N4O/c1-16-7-9-17(10-8-16)19-6-3-14-25(19)20(26)18-5-2-13-24(15-18)21-22-11-4-12-23-21/h4,7-12,18-19H,2-3,5-6,13-15H2,1H3. The second-order valence-electron chi connectivity index (χ2n) is 7.43. The highest BCUT2D eigenvalue weighted by molar-refractivity contribution is 5.80. The number of likely N-dealkylation sites (tertiary alicyclic amines) is 1. The van der Waals surface area contributed by atoms with Crippen LogP contribution in [0.1, 0.15) is 42.9 Å². The van der Waals surface area contributed by atoms with Crippen molar-refractivity contribution >= 4 is 11.9 Å². The van der Waals surface area contributed by atoms with Crippen LogP contribution in [0, 0.1) is 12.8 Å². The molecular formula is C21H26N4O. The van der Waals surface area contributed by atoms with Gasteiger partial charge in [-0.2, -0.15) is 0 Å². The molecule has 1 aromatic carbocycles. The fourth-order valence-corrected chi connectivity index (χ4v) is 4.22. The number of carbonyl (C=O) groups is 1. The minimum atomic E-state index is 0.0404. The molecule has 26 heavy (non-hydrogen) atoms. The van der Waals surface area contributed by atoms with Gasteiger partial charge in [0.25, 0.3) is 0 Å². The summed E-state index contributed by atoms with van der Waals surface area (Å²) >= 11 is 0. The number of nitrogens with zero attached hydrogens (tertiary/aromatic N) is 4. The molecule has 5 nitrogen and oxygen atoms in total. The molecule has 0 radical (unpaired) electrons. The van der Waals surface area contributed by atoms with E-state index in [1.54, 1.807) is 12.4 Å². The Morgan fingerprint density at radius 3 is 2.54 bits per heavy atom. The van der Waals surface area contributed by atoms with E-state index in [-0.39, 0.29) is 12.0 Å². The molecule has 0 saturated carbocycles. The van der Waals surface area contributed by atoms with E-state index in [1.165, 1.54) is 11.1 Å². The Labute approximate surface area is 155 Å². The van der Waals surface area contributed by atoms with Gasteiger partial charge >= 0.3 is 0 Å². The van der Waals surface area contributed by atoms with Gasteiger partial charge in [-0.3, -0.25) is 4.79 Å². The number of aromatic nitrogens is 2. The van der Waals surface area contributed by atoms with Crippen LogP contribution in [0.15, 0.2) is 42.7 Å². The first-order chi connectivity index (χ1) is 12.7. The van der Waals surface area contributed by atoms with E-state index in [2.05, 4.69) is 51.0 Å². The van der Waals surface area contributed by atoms with Crippen molar-refractivity contribution in [1.82, 2.24) is 14.9 Å². The predicted octanol–water partition coefficient (Wildman–Crippen LogP) is 3.37. The minimum absolute atomic E-state index is 0.0404. The Balaban J connectivity index is 1.48. The molecule has 0 bridgehead atoms. The van der Waals surface area contributed by atoms with Crippen molar-refractivity contribution in [3.05, 3.63) is 53.9 Å². The second-order valence-corrected chi connectivity index (χ2v) is 7.43. The van der Waals surface area contributed by atoms with E-state index in [9.17, 15) is 4.79 Å². The summed E-state index contributed by atoms with van der Waals surface area (Å²) in [6.45, 7) is 4.62. The monoisotopic (exact) mass is 350 g/mol. The lowest BCUT2D eigenvalue weighted by atomic mass is 9.95. The maximum absolute atomic E-state index is 13.3. The normalized spacial score (nSPS) is 23.3. The van der Waals surface area contributed by atoms with Crippen LogP contribution < -0.4 is 4.90 Å². The van der Waals surface area contributed by atoms with Gasteiger partial charge in [0.2, 0.25) is 11.9 Å². The number of aryl methyl sites for hydroxylation is 1. The molecule has 2 atom stereocenters. The first-order valence-electron chi connectivity index (χ1n) is 9.61. The van der Waals surface area contributed by atoms with Gasteiger partial charge in [0, 0.05) is 32.0 Å². The van der Waals surface area contributed by atoms with Crippen molar-refractivity contribution in [2.75, 3.05) is 24.5 Å². The van der Waals surface area contributed by atoms with E-state index in [1.807, 2.05) is 6.07 Å². The van der Waals surface area contributed by atoms with Crippen LogP contribution in [0.5, 0.6) is 0 Å². The fraction of sp³-hybridized carbons (Fsp3) is 0.476. The zero-order chi connectivity index (χ0) is 17.9. The summed E-state index contributed by atoms with van der Waals surface area (Å²) in [4.78, 5) is 26.3. The summed E-state index contributed by atoms with van der Waals surface area (Å²) in [5.74, 6) is 1.08. The van der Waals surface area contributed by atoms with E-state index in [0.29, 0.717) is 5.91 Å². The summed E-state index contributed by atoms with van der Waals surface area (Å²) in [6, 6.07) is 10.7. The van der Waals surface area contributed by atoms with Crippen molar-refractivity contribution in [2.24, 2.45) is 5.92 Å². The number of rotatable bonds is 3. The number of hydrogen-bond donors (Lipinski definition) is 0. The Hall–Kier alpha value is -2.43. The van der Waals surface area contributed by atoms with Crippen LogP contribution in [0.25, 0.3) is 0 Å². The number of benzene rings is 1. The molecule has 1 amide bonds. The van der Waals surface area contributed by atoms with Crippen molar-refractivity contribution in [1.29, 1.82) is 0 Å². The molecule has 136 valence electrons. The third kappa shape index (κ3) is 3.43. The first-order valence-corrected chi connectivity index (χ1v) is 9.61. The molecule has 1 aromatic heterocycles. The van der Waals surface area contributed by atoms with Gasteiger partial charge in [-0.25, -0.2) is 9.97 Å². The molecule has 2 aliphatic rings. The van der Waals surface area contributed by atoms with E-state index in [0.717, 1.165) is 51.3 Å². The molecule has 3 heterocycles. The van der Waals surface area contributed by atoms with Crippen LogP contribution in [-0.2, 0) is 4.79 Å². The number of amides is 1. The van der Waals surface area contributed by atoms with Crippen molar-refractivity contribution in [2.45, 2.75) is 38.6 Å². The average Bonchev–Trinajstić information content (AvgIpc) is 3.18. The molecule has 0 N–H and O–H groups in total. The highest BCUT2D eigenvalue weighted by Gasteiger charge is 2.36. The molecule has 2 aliphatic heterocycles. The maximum atomic E-state index is 13.3. The van der Waals surface area contributed by atoms with Crippen LogP contribution in [0.3, 0.4) is 0 Å². The second kappa shape index (κ2) is 7.44. The van der Waals surface area contributed by atoms with Crippen LogP contribution in [-0.4, -0.2) is 40.4 Å². The van der Waals surface area contributed by atoms with Crippen molar-refractivity contribution in [3.8, 4) is 0 Å². The summed E-state index contributed by atoms with van der Waals surface area (Å²) < 4.78 is 0. The Morgan fingerprint density at radius 1 is 1.04 bits per heavy atom. The zero-order valence-corrected chi connectivity index (χ0v) is 15.3. The van der Waals surface area contributed by atoms with Gasteiger partial charge in [-0.15, -0.1) is 0 Å². The third-order valence-corrected chi connectivity index (χ3v) is 5.60. The lowest BCUT2D eigenvalue weighted by Gasteiger charge is -2.35. The smallest absolute Gasteiger partial charge is 0.227 e. The first kappa shape index (κ1) is 17.0. The van der Waals surface area contributed by atoms with Gasteiger partial charge in [0.05, 0.1) is 12.0 Å². The Bertz CT molecular complexity index is 746. The highest BCUT2D eigenvalue weighted by atomic mass is 16.2. The lowest BCUT2D eigenvalue weighted by molar-refractivity contribution is -0.136. The van der Waals surface area contributed by atoms with Gasteiger partial charge in [0.1, 0.15) is 0 Å². The molecule has 2 fully saturated rings. The van der Waals surface area contributed by atoms with Crippen molar-refractivity contribution in [3.63, 3.8) is 0 Å². The minimum Gasteiger partial charge on any atom is -0.340 e. The van der Waals surface area contributed by atoms with E-state index in [4.69, 9.17) is 0 Å². The SMILES string of the molecule is Cc1ccc(C2CCCN2C(=O)C2CCCN(c3ncccn3)C2)cc1.